The number of hydrogen-bond acceptors (Lipinski definition) is 3. The molecule has 0 fully saturated rings. The number of amides is 1. The fourth-order valence-corrected chi connectivity index (χ4v) is 1.21. The van der Waals surface area contributed by atoms with Gasteiger partial charge in [-0.3, -0.25) is 4.79 Å². The van der Waals surface area contributed by atoms with E-state index in [0.717, 1.165) is 0 Å². The summed E-state index contributed by atoms with van der Waals surface area (Å²) < 4.78 is 0. The zero-order valence-corrected chi connectivity index (χ0v) is 8.50. The molecule has 0 aromatic heterocycles. The Bertz CT molecular complexity index is 265. The summed E-state index contributed by atoms with van der Waals surface area (Å²) in [6, 6.07) is 0. The molecule has 4 heteroatoms. The van der Waals surface area contributed by atoms with Crippen LogP contribution < -0.4 is 5.73 Å². The largest absolute Gasteiger partial charge is 0.366 e. The first-order valence-electron chi connectivity index (χ1n) is 4.32. The minimum atomic E-state index is -0.655. The van der Waals surface area contributed by atoms with Crippen molar-refractivity contribution in [2.24, 2.45) is 11.7 Å². The van der Waals surface area contributed by atoms with Gasteiger partial charge in [0.05, 0.1) is 0 Å². The molecule has 0 saturated heterocycles. The average molecular weight is 197 g/mol. The molecular weight excluding hydrogens is 182 g/mol. The van der Waals surface area contributed by atoms with E-state index in [9.17, 15) is 14.4 Å². The van der Waals surface area contributed by atoms with Crippen LogP contribution >= 0.6 is 0 Å². The lowest BCUT2D eigenvalue weighted by Crippen LogP contribution is -2.22. The summed E-state index contributed by atoms with van der Waals surface area (Å²) in [6.07, 6.45) is 0.280. The first kappa shape index (κ1) is 12.6. The molecule has 2 N–H and O–H groups in total. The van der Waals surface area contributed by atoms with Crippen LogP contribution in [0.15, 0.2) is 12.2 Å². The van der Waals surface area contributed by atoms with Crippen LogP contribution in [0.5, 0.6) is 0 Å². The molecule has 0 rings (SSSR count). The van der Waals surface area contributed by atoms with E-state index >= 15 is 0 Å². The van der Waals surface area contributed by atoms with Gasteiger partial charge in [0.25, 0.3) is 0 Å². The summed E-state index contributed by atoms with van der Waals surface area (Å²) in [5.74, 6) is -1.27. The summed E-state index contributed by atoms with van der Waals surface area (Å²) in [5.41, 5.74) is 5.18. The van der Waals surface area contributed by atoms with Crippen LogP contribution in [-0.2, 0) is 14.4 Å². The van der Waals surface area contributed by atoms with Crippen molar-refractivity contribution in [1.29, 1.82) is 0 Å². The van der Waals surface area contributed by atoms with Gasteiger partial charge in [0.2, 0.25) is 5.91 Å². The van der Waals surface area contributed by atoms with Gasteiger partial charge in [-0.2, -0.15) is 0 Å². The topological polar surface area (TPSA) is 77.2 Å². The van der Waals surface area contributed by atoms with Gasteiger partial charge >= 0.3 is 0 Å². The van der Waals surface area contributed by atoms with Crippen molar-refractivity contribution >= 4 is 17.5 Å². The Kier molecular flexibility index (Phi) is 4.77. The highest BCUT2D eigenvalue weighted by Crippen LogP contribution is 2.18. The van der Waals surface area contributed by atoms with E-state index in [-0.39, 0.29) is 30.0 Å². The van der Waals surface area contributed by atoms with Crippen LogP contribution in [0.1, 0.15) is 26.7 Å². The Balaban J connectivity index is 4.54. The van der Waals surface area contributed by atoms with Crippen molar-refractivity contribution < 1.29 is 14.4 Å². The van der Waals surface area contributed by atoms with E-state index in [1.807, 2.05) is 0 Å². The Hall–Kier alpha value is -1.45. The molecule has 0 aromatic carbocycles. The average Bonchev–Trinajstić information content (AvgIpc) is 1.99. The molecular formula is C10H15NO3. The molecule has 0 heterocycles. The Morgan fingerprint density at radius 1 is 1.14 bits per heavy atom. The highest BCUT2D eigenvalue weighted by molar-refractivity contribution is 5.93. The molecule has 0 aliphatic heterocycles. The van der Waals surface area contributed by atoms with Gasteiger partial charge in [-0.25, -0.2) is 0 Å². The molecule has 0 aliphatic rings. The second kappa shape index (κ2) is 5.32. The number of Topliss-reactive ketones (excluding diaryl/α,β-unsaturated/α-hetero) is 2. The van der Waals surface area contributed by atoms with Crippen molar-refractivity contribution in [3.8, 4) is 0 Å². The number of carbonyl (C=O) groups excluding carboxylic acids is 3. The number of rotatable bonds is 6. The van der Waals surface area contributed by atoms with E-state index in [0.29, 0.717) is 0 Å². The molecule has 4 nitrogen and oxygen atoms in total. The number of nitrogens with two attached hydrogens (primary N) is 1. The van der Waals surface area contributed by atoms with Gasteiger partial charge < -0.3 is 15.3 Å². The third-order valence-corrected chi connectivity index (χ3v) is 1.88. The monoisotopic (exact) mass is 197 g/mol. The quantitative estimate of drug-likeness (QED) is 0.633. The number of ketones is 2. The summed E-state index contributed by atoms with van der Waals surface area (Å²) in [4.78, 5) is 32.5. The van der Waals surface area contributed by atoms with E-state index in [2.05, 4.69) is 6.58 Å². The fourth-order valence-electron chi connectivity index (χ4n) is 1.21. The van der Waals surface area contributed by atoms with Crippen molar-refractivity contribution in [2.75, 3.05) is 0 Å². The SMILES string of the molecule is C=C(C(N)=O)C(CC(C)=O)CC(C)=O. The molecule has 0 unspecified atom stereocenters. The predicted octanol–water partition coefficient (Wildman–Crippen LogP) is 0.602. The summed E-state index contributed by atoms with van der Waals surface area (Å²) >= 11 is 0. The van der Waals surface area contributed by atoms with Crippen LogP contribution in [0.25, 0.3) is 0 Å². The summed E-state index contributed by atoms with van der Waals surface area (Å²) in [7, 11) is 0. The van der Waals surface area contributed by atoms with Gasteiger partial charge in [-0.1, -0.05) is 6.58 Å². The van der Waals surface area contributed by atoms with Crippen LogP contribution in [0.2, 0.25) is 0 Å². The van der Waals surface area contributed by atoms with Crippen LogP contribution in [0.4, 0.5) is 0 Å². The number of carbonyl (C=O) groups is 3. The minimum absolute atomic E-state index is 0.0846. The Labute approximate surface area is 83.2 Å². The molecule has 0 radical (unpaired) electrons. The second-order valence-corrected chi connectivity index (χ2v) is 3.40. The molecule has 0 saturated carbocycles. The first-order valence-corrected chi connectivity index (χ1v) is 4.32. The number of primary amides is 1. The van der Waals surface area contributed by atoms with Crippen LogP contribution in [0, 0.1) is 5.92 Å². The van der Waals surface area contributed by atoms with E-state index in [1.165, 1.54) is 13.8 Å². The van der Waals surface area contributed by atoms with E-state index < -0.39 is 11.8 Å². The van der Waals surface area contributed by atoms with Gasteiger partial charge in [0, 0.05) is 24.3 Å². The van der Waals surface area contributed by atoms with Crippen molar-refractivity contribution in [2.45, 2.75) is 26.7 Å². The molecule has 0 aromatic rings. The maximum atomic E-state index is 10.9. The maximum Gasteiger partial charge on any atom is 0.244 e. The molecule has 1 amide bonds. The standard InChI is InChI=1S/C10H15NO3/c1-6(12)4-9(5-7(2)13)8(3)10(11)14/h9H,3-5H2,1-2H3,(H2,11,14). The third kappa shape index (κ3) is 4.54. The van der Waals surface area contributed by atoms with Crippen molar-refractivity contribution in [3.63, 3.8) is 0 Å². The predicted molar refractivity (Wildman–Crippen MR) is 52.4 cm³/mol. The fraction of sp³-hybridized carbons (Fsp3) is 0.500. The molecule has 0 spiro atoms. The first-order chi connectivity index (χ1) is 6.34. The van der Waals surface area contributed by atoms with Crippen LogP contribution in [-0.4, -0.2) is 17.5 Å². The zero-order valence-electron chi connectivity index (χ0n) is 8.50. The maximum absolute atomic E-state index is 10.9. The normalized spacial score (nSPS) is 9.93. The van der Waals surface area contributed by atoms with E-state index in [1.54, 1.807) is 0 Å². The highest BCUT2D eigenvalue weighted by Gasteiger charge is 2.20. The Morgan fingerprint density at radius 3 is 1.71 bits per heavy atom. The lowest BCUT2D eigenvalue weighted by molar-refractivity contribution is -0.119. The van der Waals surface area contributed by atoms with Gasteiger partial charge in [-0.05, 0) is 13.8 Å². The lowest BCUT2D eigenvalue weighted by Gasteiger charge is -2.13. The second-order valence-electron chi connectivity index (χ2n) is 3.40. The minimum Gasteiger partial charge on any atom is -0.366 e. The summed E-state index contributed by atoms with van der Waals surface area (Å²) in [5, 5.41) is 0. The molecule has 0 atom stereocenters. The lowest BCUT2D eigenvalue weighted by atomic mass is 9.90. The Morgan fingerprint density at radius 2 is 1.50 bits per heavy atom. The molecule has 0 bridgehead atoms. The van der Waals surface area contributed by atoms with Gasteiger partial charge in [0.15, 0.2) is 0 Å². The third-order valence-electron chi connectivity index (χ3n) is 1.88. The van der Waals surface area contributed by atoms with Crippen LogP contribution in [0.3, 0.4) is 0 Å². The molecule has 14 heavy (non-hydrogen) atoms. The smallest absolute Gasteiger partial charge is 0.244 e. The number of hydrogen-bond donors (Lipinski definition) is 1. The zero-order chi connectivity index (χ0) is 11.3. The van der Waals surface area contributed by atoms with Gasteiger partial charge in [0.1, 0.15) is 11.6 Å². The molecule has 0 aliphatic carbocycles. The highest BCUT2D eigenvalue weighted by atomic mass is 16.1. The molecule has 78 valence electrons. The summed E-state index contributed by atoms with van der Waals surface area (Å²) in [6.45, 7) is 6.29. The van der Waals surface area contributed by atoms with Crippen molar-refractivity contribution in [3.05, 3.63) is 12.2 Å². The van der Waals surface area contributed by atoms with E-state index in [4.69, 9.17) is 5.73 Å². The van der Waals surface area contributed by atoms with Crippen molar-refractivity contribution in [1.82, 2.24) is 0 Å². The van der Waals surface area contributed by atoms with Gasteiger partial charge in [-0.15, -0.1) is 0 Å².